The number of thiocarbonyl (C=S) groups is 1. The molecule has 0 amide bonds. The molecule has 0 unspecified atom stereocenters. The number of phenolic OH excluding ortho intramolecular Hbond substituents is 1. The molecule has 1 saturated carbocycles. The van der Waals surface area contributed by atoms with E-state index in [4.69, 9.17) is 12.2 Å². The normalized spacial score (nSPS) is 15.3. The molecule has 1 aromatic rings. The molecule has 1 aromatic carbocycles. The van der Waals surface area contributed by atoms with Gasteiger partial charge < -0.3 is 20.5 Å². The number of ether oxygens (including phenoxy) is 1. The number of anilines is 1. The molecule has 3 N–H and O–H groups in total. The molecule has 0 radical (unpaired) electrons. The van der Waals surface area contributed by atoms with E-state index in [1.54, 1.807) is 12.1 Å². The molecule has 114 valence electrons. The molecule has 0 aliphatic heterocycles. The zero-order chi connectivity index (χ0) is 15.2. The van der Waals surface area contributed by atoms with Crippen LogP contribution in [-0.4, -0.2) is 29.3 Å². The Morgan fingerprint density at radius 3 is 2.67 bits per heavy atom. The minimum atomic E-state index is -0.486. The van der Waals surface area contributed by atoms with Gasteiger partial charge in [0, 0.05) is 6.04 Å². The maximum atomic E-state index is 11.4. The van der Waals surface area contributed by atoms with Gasteiger partial charge in [-0.05, 0) is 43.3 Å². The number of phenols is 1. The Hall–Kier alpha value is -1.82. The van der Waals surface area contributed by atoms with E-state index in [1.165, 1.54) is 32.4 Å². The summed E-state index contributed by atoms with van der Waals surface area (Å²) in [6.07, 6.45) is 5.97. The molecule has 1 fully saturated rings. The lowest BCUT2D eigenvalue weighted by atomic mass is 9.96. The first-order chi connectivity index (χ1) is 10.1. The number of methoxy groups -OCH3 is 1. The number of carbonyl (C=O) groups excluding carboxylic acids is 1. The van der Waals surface area contributed by atoms with Crippen molar-refractivity contribution in [2.75, 3.05) is 12.4 Å². The molecule has 5 nitrogen and oxygen atoms in total. The molecule has 0 atom stereocenters. The van der Waals surface area contributed by atoms with Gasteiger partial charge in [-0.2, -0.15) is 0 Å². The van der Waals surface area contributed by atoms with Gasteiger partial charge in [0.15, 0.2) is 5.11 Å². The van der Waals surface area contributed by atoms with Crippen molar-refractivity contribution in [3.63, 3.8) is 0 Å². The Labute approximate surface area is 129 Å². The van der Waals surface area contributed by atoms with Crippen LogP contribution in [-0.2, 0) is 4.74 Å². The lowest BCUT2D eigenvalue weighted by Crippen LogP contribution is -2.38. The van der Waals surface area contributed by atoms with E-state index in [-0.39, 0.29) is 5.75 Å². The fourth-order valence-corrected chi connectivity index (χ4v) is 2.75. The predicted molar refractivity (Wildman–Crippen MR) is 85.7 cm³/mol. The zero-order valence-electron chi connectivity index (χ0n) is 12.0. The summed E-state index contributed by atoms with van der Waals surface area (Å²) in [5.74, 6) is -0.523. The standard InChI is InChI=1S/C15H20N2O3S/c1-20-14(19)10-7-8-12(13(18)9-10)17-15(21)16-11-5-3-2-4-6-11/h7-9,11,18H,2-6H2,1H3,(H2,16,17,21). The first-order valence-corrected chi connectivity index (χ1v) is 7.50. The fourth-order valence-electron chi connectivity index (χ4n) is 2.47. The van der Waals surface area contributed by atoms with E-state index in [0.717, 1.165) is 12.8 Å². The summed E-state index contributed by atoms with van der Waals surface area (Å²) in [4.78, 5) is 11.4. The number of hydrogen-bond acceptors (Lipinski definition) is 4. The number of rotatable bonds is 3. The van der Waals surface area contributed by atoms with Crippen molar-refractivity contribution < 1.29 is 14.6 Å². The summed E-state index contributed by atoms with van der Waals surface area (Å²) in [6, 6.07) is 4.94. The third-order valence-corrected chi connectivity index (χ3v) is 3.83. The maximum absolute atomic E-state index is 11.4. The van der Waals surface area contributed by atoms with Crippen LogP contribution in [0.15, 0.2) is 18.2 Å². The van der Waals surface area contributed by atoms with Crippen LogP contribution in [0.25, 0.3) is 0 Å². The zero-order valence-corrected chi connectivity index (χ0v) is 12.8. The van der Waals surface area contributed by atoms with Crippen LogP contribution in [0.4, 0.5) is 5.69 Å². The van der Waals surface area contributed by atoms with Gasteiger partial charge in [-0.25, -0.2) is 4.79 Å². The largest absolute Gasteiger partial charge is 0.506 e. The average molecular weight is 308 g/mol. The average Bonchev–Trinajstić information content (AvgIpc) is 2.49. The highest BCUT2D eigenvalue weighted by atomic mass is 32.1. The van der Waals surface area contributed by atoms with Gasteiger partial charge in [0.1, 0.15) is 5.75 Å². The van der Waals surface area contributed by atoms with Crippen LogP contribution in [0.3, 0.4) is 0 Å². The van der Waals surface area contributed by atoms with Crippen molar-refractivity contribution in [3.05, 3.63) is 23.8 Å². The molecule has 0 bridgehead atoms. The second kappa shape index (κ2) is 7.26. The minimum absolute atomic E-state index is 0.0364. The van der Waals surface area contributed by atoms with E-state index in [9.17, 15) is 9.90 Å². The van der Waals surface area contributed by atoms with Gasteiger partial charge in [0.05, 0.1) is 18.4 Å². The Balaban J connectivity index is 1.95. The van der Waals surface area contributed by atoms with E-state index in [0.29, 0.717) is 22.4 Å². The molecule has 6 heteroatoms. The van der Waals surface area contributed by atoms with Gasteiger partial charge in [-0.1, -0.05) is 19.3 Å². The van der Waals surface area contributed by atoms with E-state index in [2.05, 4.69) is 15.4 Å². The SMILES string of the molecule is COC(=O)c1ccc(NC(=S)NC2CCCCC2)c(O)c1. The molecule has 1 aliphatic rings. The number of hydrogen-bond donors (Lipinski definition) is 3. The molecule has 0 heterocycles. The number of nitrogens with one attached hydrogen (secondary N) is 2. The van der Waals surface area contributed by atoms with Gasteiger partial charge in [0.25, 0.3) is 0 Å². The quantitative estimate of drug-likeness (QED) is 0.453. The highest BCUT2D eigenvalue weighted by Crippen LogP contribution is 2.25. The van der Waals surface area contributed by atoms with Gasteiger partial charge in [-0.15, -0.1) is 0 Å². The second-order valence-corrected chi connectivity index (χ2v) is 5.57. The third kappa shape index (κ3) is 4.32. The van der Waals surface area contributed by atoms with Crippen LogP contribution in [0.2, 0.25) is 0 Å². The predicted octanol–water partition coefficient (Wildman–Crippen LogP) is 2.80. The monoisotopic (exact) mass is 308 g/mol. The van der Waals surface area contributed by atoms with E-state index < -0.39 is 5.97 Å². The Morgan fingerprint density at radius 2 is 2.05 bits per heavy atom. The van der Waals surface area contributed by atoms with Crippen LogP contribution in [0.5, 0.6) is 5.75 Å². The summed E-state index contributed by atoms with van der Waals surface area (Å²) < 4.78 is 4.60. The Bertz CT molecular complexity index is 528. The first-order valence-electron chi connectivity index (χ1n) is 7.09. The van der Waals surface area contributed by atoms with Crippen molar-refractivity contribution in [3.8, 4) is 5.75 Å². The molecule has 0 saturated heterocycles. The number of carbonyl (C=O) groups is 1. The topological polar surface area (TPSA) is 70.6 Å². The molecule has 21 heavy (non-hydrogen) atoms. The van der Waals surface area contributed by atoms with Crippen LogP contribution in [0, 0.1) is 0 Å². The first kappa shape index (κ1) is 15.6. The highest BCUT2D eigenvalue weighted by molar-refractivity contribution is 7.80. The van der Waals surface area contributed by atoms with Gasteiger partial charge in [0.2, 0.25) is 0 Å². The van der Waals surface area contributed by atoms with Crippen LogP contribution >= 0.6 is 12.2 Å². The summed E-state index contributed by atoms with van der Waals surface area (Å²) in [6.45, 7) is 0. The number of aromatic hydroxyl groups is 1. The highest BCUT2D eigenvalue weighted by Gasteiger charge is 2.15. The summed E-state index contributed by atoms with van der Waals surface area (Å²) in [7, 11) is 1.30. The lowest BCUT2D eigenvalue weighted by molar-refractivity contribution is 0.0600. The molecular formula is C15H20N2O3S. The Kier molecular flexibility index (Phi) is 5.38. The van der Waals surface area contributed by atoms with Crippen molar-refractivity contribution in [1.29, 1.82) is 0 Å². The van der Waals surface area contributed by atoms with E-state index in [1.807, 2.05) is 0 Å². The van der Waals surface area contributed by atoms with Gasteiger partial charge in [-0.3, -0.25) is 0 Å². The lowest BCUT2D eigenvalue weighted by Gasteiger charge is -2.24. The molecule has 0 spiro atoms. The molecular weight excluding hydrogens is 288 g/mol. The molecule has 2 rings (SSSR count). The number of benzene rings is 1. The van der Waals surface area contributed by atoms with Crippen molar-refractivity contribution in [2.24, 2.45) is 0 Å². The smallest absolute Gasteiger partial charge is 0.337 e. The second-order valence-electron chi connectivity index (χ2n) is 5.16. The third-order valence-electron chi connectivity index (χ3n) is 3.61. The van der Waals surface area contributed by atoms with Crippen LogP contribution < -0.4 is 10.6 Å². The summed E-state index contributed by atoms with van der Waals surface area (Å²) in [5.41, 5.74) is 0.766. The summed E-state index contributed by atoms with van der Waals surface area (Å²) >= 11 is 5.26. The molecule has 0 aromatic heterocycles. The minimum Gasteiger partial charge on any atom is -0.506 e. The van der Waals surface area contributed by atoms with Crippen molar-refractivity contribution in [2.45, 2.75) is 38.1 Å². The van der Waals surface area contributed by atoms with Gasteiger partial charge >= 0.3 is 5.97 Å². The number of esters is 1. The fraction of sp³-hybridized carbons (Fsp3) is 0.467. The maximum Gasteiger partial charge on any atom is 0.337 e. The van der Waals surface area contributed by atoms with Crippen molar-refractivity contribution in [1.82, 2.24) is 5.32 Å². The van der Waals surface area contributed by atoms with Crippen LogP contribution in [0.1, 0.15) is 42.5 Å². The summed E-state index contributed by atoms with van der Waals surface area (Å²) in [5, 5.41) is 16.6. The van der Waals surface area contributed by atoms with E-state index >= 15 is 0 Å². The molecule has 1 aliphatic carbocycles. The van der Waals surface area contributed by atoms with Crippen molar-refractivity contribution >= 4 is 29.0 Å². The Morgan fingerprint density at radius 1 is 1.33 bits per heavy atom.